The molecule has 2 saturated carbocycles. The van der Waals surface area contributed by atoms with Crippen LogP contribution in [-0.2, 0) is 4.74 Å². The van der Waals surface area contributed by atoms with Gasteiger partial charge in [0.15, 0.2) is 0 Å². The van der Waals surface area contributed by atoms with Gasteiger partial charge in [-0.3, -0.25) is 0 Å². The Labute approximate surface area is 81.9 Å². The average molecular weight is 182 g/mol. The largest absolute Gasteiger partial charge is 0.384 e. The van der Waals surface area contributed by atoms with E-state index in [-0.39, 0.29) is 0 Å². The molecule has 0 saturated heterocycles. The maximum absolute atomic E-state index is 5.15. The summed E-state index contributed by atoms with van der Waals surface area (Å²) in [6.07, 6.45) is 5.87. The van der Waals surface area contributed by atoms with Crippen molar-refractivity contribution < 1.29 is 4.74 Å². The maximum Gasteiger partial charge on any atom is 0.0487 e. The Kier molecular flexibility index (Phi) is 2.39. The zero-order valence-electron chi connectivity index (χ0n) is 9.18. The van der Waals surface area contributed by atoms with E-state index in [0.29, 0.717) is 0 Å². The lowest BCUT2D eigenvalue weighted by molar-refractivity contribution is 0.153. The fourth-order valence-corrected chi connectivity index (χ4v) is 3.14. The lowest BCUT2D eigenvalue weighted by Gasteiger charge is -2.08. The topological polar surface area (TPSA) is 9.23 Å². The van der Waals surface area contributed by atoms with Crippen LogP contribution < -0.4 is 0 Å². The molecule has 13 heavy (non-hydrogen) atoms. The molecule has 2 aliphatic carbocycles. The lowest BCUT2D eigenvalue weighted by Crippen LogP contribution is -2.03. The molecule has 3 atom stereocenters. The molecular formula is C12H22O. The van der Waals surface area contributed by atoms with Crippen molar-refractivity contribution in [3.05, 3.63) is 0 Å². The summed E-state index contributed by atoms with van der Waals surface area (Å²) in [5, 5.41) is 0. The first-order chi connectivity index (χ1) is 6.20. The van der Waals surface area contributed by atoms with Gasteiger partial charge in [0.1, 0.15) is 0 Å². The summed E-state index contributed by atoms with van der Waals surface area (Å²) < 4.78 is 5.15. The van der Waals surface area contributed by atoms with Crippen molar-refractivity contribution in [2.24, 2.45) is 23.2 Å². The summed E-state index contributed by atoms with van der Waals surface area (Å²) in [6.45, 7) is 5.68. The van der Waals surface area contributed by atoms with Crippen LogP contribution in [0.1, 0.15) is 39.5 Å². The Hall–Kier alpha value is -0.0400. The minimum absolute atomic E-state index is 0.758. The second-order valence-corrected chi connectivity index (χ2v) is 5.27. The molecule has 1 heteroatoms. The van der Waals surface area contributed by atoms with Gasteiger partial charge in [-0.25, -0.2) is 0 Å². The van der Waals surface area contributed by atoms with Crippen LogP contribution in [0.2, 0.25) is 0 Å². The number of hydrogen-bond acceptors (Lipinski definition) is 1. The molecule has 2 aliphatic rings. The maximum atomic E-state index is 5.15. The van der Waals surface area contributed by atoms with Gasteiger partial charge in [0.25, 0.3) is 0 Å². The van der Waals surface area contributed by atoms with Crippen LogP contribution in [0.15, 0.2) is 0 Å². The van der Waals surface area contributed by atoms with Gasteiger partial charge >= 0.3 is 0 Å². The first-order valence-electron chi connectivity index (χ1n) is 5.69. The number of hydrogen-bond donors (Lipinski definition) is 0. The van der Waals surface area contributed by atoms with Gasteiger partial charge in [-0.05, 0) is 48.9 Å². The molecule has 3 unspecified atom stereocenters. The van der Waals surface area contributed by atoms with Gasteiger partial charge in [0, 0.05) is 13.7 Å². The lowest BCUT2D eigenvalue weighted by atomic mass is 10.0. The molecule has 1 nitrogen and oxygen atoms in total. The zero-order valence-corrected chi connectivity index (χ0v) is 9.18. The van der Waals surface area contributed by atoms with Crippen molar-refractivity contribution in [1.29, 1.82) is 0 Å². The molecule has 0 aromatic heterocycles. The first kappa shape index (κ1) is 9.51. The molecule has 0 amide bonds. The molecule has 1 spiro atoms. The van der Waals surface area contributed by atoms with Crippen molar-refractivity contribution in [1.82, 2.24) is 0 Å². The van der Waals surface area contributed by atoms with E-state index in [0.717, 1.165) is 29.8 Å². The number of ether oxygens (including phenoxy) is 1. The monoisotopic (exact) mass is 182 g/mol. The van der Waals surface area contributed by atoms with Crippen molar-refractivity contribution in [2.75, 3.05) is 13.7 Å². The van der Waals surface area contributed by atoms with E-state index in [4.69, 9.17) is 4.74 Å². The molecular weight excluding hydrogens is 160 g/mol. The van der Waals surface area contributed by atoms with E-state index in [1.54, 1.807) is 7.11 Å². The minimum atomic E-state index is 0.758. The van der Waals surface area contributed by atoms with E-state index in [1.165, 1.54) is 25.7 Å². The molecule has 0 radical (unpaired) electrons. The van der Waals surface area contributed by atoms with Crippen LogP contribution in [0.3, 0.4) is 0 Å². The third kappa shape index (κ3) is 1.63. The minimum Gasteiger partial charge on any atom is -0.384 e. The Bertz CT molecular complexity index is 184. The van der Waals surface area contributed by atoms with Crippen molar-refractivity contribution in [2.45, 2.75) is 39.5 Å². The van der Waals surface area contributed by atoms with E-state index in [2.05, 4.69) is 13.8 Å². The molecule has 0 heterocycles. The van der Waals surface area contributed by atoms with E-state index in [1.807, 2.05) is 0 Å². The summed E-state index contributed by atoms with van der Waals surface area (Å²) in [4.78, 5) is 0. The summed E-state index contributed by atoms with van der Waals surface area (Å²) in [6, 6.07) is 0. The van der Waals surface area contributed by atoms with Crippen LogP contribution in [-0.4, -0.2) is 13.7 Å². The highest BCUT2D eigenvalue weighted by Gasteiger charge is 2.68. The van der Waals surface area contributed by atoms with Crippen LogP contribution in [0, 0.1) is 23.2 Å². The molecule has 0 bridgehead atoms. The van der Waals surface area contributed by atoms with Crippen molar-refractivity contribution in [3.63, 3.8) is 0 Å². The van der Waals surface area contributed by atoms with Gasteiger partial charge < -0.3 is 4.74 Å². The highest BCUT2D eigenvalue weighted by Crippen LogP contribution is 2.76. The fraction of sp³-hybridized carbons (Fsp3) is 1.00. The van der Waals surface area contributed by atoms with Gasteiger partial charge in [0.05, 0.1) is 0 Å². The van der Waals surface area contributed by atoms with Gasteiger partial charge in [-0.2, -0.15) is 0 Å². The van der Waals surface area contributed by atoms with Crippen molar-refractivity contribution in [3.8, 4) is 0 Å². The van der Waals surface area contributed by atoms with E-state index >= 15 is 0 Å². The second-order valence-electron chi connectivity index (χ2n) is 5.27. The average Bonchev–Trinajstić information content (AvgIpc) is 2.95. The molecule has 2 fully saturated rings. The van der Waals surface area contributed by atoms with Crippen LogP contribution in [0.25, 0.3) is 0 Å². The Morgan fingerprint density at radius 2 is 2.15 bits per heavy atom. The van der Waals surface area contributed by atoms with Crippen LogP contribution in [0.5, 0.6) is 0 Å². The predicted octanol–water partition coefficient (Wildman–Crippen LogP) is 3.10. The van der Waals surface area contributed by atoms with Crippen LogP contribution >= 0.6 is 0 Å². The Morgan fingerprint density at radius 1 is 1.46 bits per heavy atom. The molecule has 0 aromatic carbocycles. The Balaban J connectivity index is 1.64. The second kappa shape index (κ2) is 3.27. The molecule has 0 N–H and O–H groups in total. The molecule has 76 valence electrons. The van der Waals surface area contributed by atoms with E-state index in [9.17, 15) is 0 Å². The fourth-order valence-electron chi connectivity index (χ4n) is 3.14. The number of methoxy groups -OCH3 is 1. The molecule has 2 rings (SSSR count). The Morgan fingerprint density at radius 3 is 2.62 bits per heavy atom. The normalized spacial score (nSPS) is 36.2. The predicted molar refractivity (Wildman–Crippen MR) is 54.6 cm³/mol. The SMILES string of the molecule is COCC(C)CCC1C(C)C12CC2. The van der Waals surface area contributed by atoms with Gasteiger partial charge in [-0.1, -0.05) is 13.8 Å². The quantitative estimate of drug-likeness (QED) is 0.635. The van der Waals surface area contributed by atoms with E-state index < -0.39 is 0 Å². The number of rotatable bonds is 5. The summed E-state index contributed by atoms with van der Waals surface area (Å²) in [5.41, 5.74) is 0.868. The van der Waals surface area contributed by atoms with Gasteiger partial charge in [-0.15, -0.1) is 0 Å². The summed E-state index contributed by atoms with van der Waals surface area (Å²) in [7, 11) is 1.80. The highest BCUT2D eigenvalue weighted by atomic mass is 16.5. The first-order valence-corrected chi connectivity index (χ1v) is 5.69. The summed E-state index contributed by atoms with van der Waals surface area (Å²) >= 11 is 0. The molecule has 0 aromatic rings. The highest BCUT2D eigenvalue weighted by molar-refractivity contribution is 5.17. The van der Waals surface area contributed by atoms with Crippen LogP contribution in [0.4, 0.5) is 0 Å². The summed E-state index contributed by atoms with van der Waals surface area (Å²) in [5.74, 6) is 2.88. The third-order valence-electron chi connectivity index (χ3n) is 4.39. The standard InChI is InChI=1S/C12H22O/c1-9(8-13-3)4-5-11-10(2)12(11)6-7-12/h9-11H,4-8H2,1-3H3. The molecule has 0 aliphatic heterocycles. The zero-order chi connectivity index (χ0) is 9.47. The van der Waals surface area contributed by atoms with Gasteiger partial charge in [0.2, 0.25) is 0 Å². The smallest absolute Gasteiger partial charge is 0.0487 e. The third-order valence-corrected chi connectivity index (χ3v) is 4.39. The van der Waals surface area contributed by atoms with Crippen molar-refractivity contribution >= 4 is 0 Å².